The van der Waals surface area contributed by atoms with Gasteiger partial charge in [0.15, 0.2) is 0 Å². The zero-order chi connectivity index (χ0) is 15.2. The fourth-order valence-corrected chi connectivity index (χ4v) is 4.10. The molecule has 1 heterocycles. The van der Waals surface area contributed by atoms with Crippen molar-refractivity contribution >= 4 is 15.9 Å². The molecule has 1 unspecified atom stereocenters. The number of nitrogens with one attached hydrogen (secondary N) is 1. The molecule has 1 atom stereocenters. The fraction of sp³-hybridized carbons (Fsp3) is 0.824. The van der Waals surface area contributed by atoms with Gasteiger partial charge in [0.25, 0.3) is 0 Å². The van der Waals surface area contributed by atoms with Gasteiger partial charge >= 0.3 is 0 Å². The van der Waals surface area contributed by atoms with Crippen LogP contribution >= 0.6 is 15.9 Å². The quantitative estimate of drug-likeness (QED) is 0.781. The minimum atomic E-state index is 0.579. The summed E-state index contributed by atoms with van der Waals surface area (Å²) in [5.74, 6) is 0.917. The average molecular weight is 356 g/mol. The van der Waals surface area contributed by atoms with Crippen LogP contribution in [0.3, 0.4) is 0 Å². The van der Waals surface area contributed by atoms with Crippen LogP contribution in [-0.4, -0.2) is 22.4 Å². The van der Waals surface area contributed by atoms with Gasteiger partial charge in [0.05, 0.1) is 15.9 Å². The average Bonchev–Trinajstić information content (AvgIpc) is 2.76. The molecule has 1 aliphatic rings. The highest BCUT2D eigenvalue weighted by Crippen LogP contribution is 2.29. The Morgan fingerprint density at radius 3 is 2.62 bits per heavy atom. The lowest BCUT2D eigenvalue weighted by Gasteiger charge is -2.27. The van der Waals surface area contributed by atoms with Gasteiger partial charge in [-0.25, -0.2) is 0 Å². The van der Waals surface area contributed by atoms with E-state index < -0.39 is 0 Å². The van der Waals surface area contributed by atoms with Gasteiger partial charge in [-0.3, -0.25) is 4.68 Å². The maximum absolute atomic E-state index is 4.63. The van der Waals surface area contributed by atoms with Crippen LogP contribution in [0.1, 0.15) is 63.8 Å². The van der Waals surface area contributed by atoms with Crippen molar-refractivity contribution < 1.29 is 0 Å². The first-order valence-corrected chi connectivity index (χ1v) is 9.40. The lowest BCUT2D eigenvalue weighted by atomic mass is 9.84. The first-order chi connectivity index (χ1) is 10.2. The van der Waals surface area contributed by atoms with Crippen LogP contribution in [0.25, 0.3) is 0 Å². The molecule has 0 aromatic carbocycles. The molecule has 1 aromatic heterocycles. The summed E-state index contributed by atoms with van der Waals surface area (Å²) >= 11 is 3.74. The molecule has 1 aliphatic carbocycles. The van der Waals surface area contributed by atoms with Crippen LogP contribution in [0, 0.1) is 12.8 Å². The Morgan fingerprint density at radius 1 is 1.29 bits per heavy atom. The minimum absolute atomic E-state index is 0.579. The van der Waals surface area contributed by atoms with Crippen molar-refractivity contribution in [2.24, 2.45) is 5.92 Å². The van der Waals surface area contributed by atoms with Crippen LogP contribution in [-0.2, 0) is 13.0 Å². The number of hydrogen-bond donors (Lipinski definition) is 1. The summed E-state index contributed by atoms with van der Waals surface area (Å²) in [7, 11) is 0. The van der Waals surface area contributed by atoms with Crippen molar-refractivity contribution in [1.82, 2.24) is 15.1 Å². The molecule has 120 valence electrons. The van der Waals surface area contributed by atoms with Gasteiger partial charge in [-0.05, 0) is 48.7 Å². The summed E-state index contributed by atoms with van der Waals surface area (Å²) < 4.78 is 3.36. The Hall–Kier alpha value is -0.350. The first-order valence-electron chi connectivity index (χ1n) is 8.60. The van der Waals surface area contributed by atoms with Crippen molar-refractivity contribution in [1.29, 1.82) is 0 Å². The van der Waals surface area contributed by atoms with Crippen LogP contribution < -0.4 is 5.32 Å². The molecule has 0 bridgehead atoms. The summed E-state index contributed by atoms with van der Waals surface area (Å²) in [4.78, 5) is 0. The van der Waals surface area contributed by atoms with Gasteiger partial charge in [-0.15, -0.1) is 0 Å². The second-order valence-electron chi connectivity index (χ2n) is 6.36. The molecule has 0 aliphatic heterocycles. The van der Waals surface area contributed by atoms with Crippen LogP contribution in [0.4, 0.5) is 0 Å². The van der Waals surface area contributed by atoms with E-state index in [0.29, 0.717) is 6.04 Å². The molecule has 1 N–H and O–H groups in total. The molecule has 0 radical (unpaired) electrons. The van der Waals surface area contributed by atoms with Crippen molar-refractivity contribution in [2.75, 3.05) is 6.54 Å². The van der Waals surface area contributed by atoms with Crippen molar-refractivity contribution in [3.63, 3.8) is 0 Å². The van der Waals surface area contributed by atoms with Crippen LogP contribution in [0.15, 0.2) is 4.47 Å². The Balaban J connectivity index is 2.04. The first kappa shape index (κ1) is 17.0. The van der Waals surface area contributed by atoms with Gasteiger partial charge in [-0.1, -0.05) is 39.0 Å². The standard InChI is InChI=1S/C17H30BrN3/c1-4-19-15(11-14-9-7-6-8-10-14)12-16-17(18)13(3)20-21(16)5-2/h14-15,19H,4-12H2,1-3H3. The van der Waals surface area contributed by atoms with Gasteiger partial charge in [0.1, 0.15) is 0 Å². The van der Waals surface area contributed by atoms with Gasteiger partial charge in [0.2, 0.25) is 0 Å². The SMILES string of the molecule is CCNC(Cc1c(Br)c(C)nn1CC)CC1CCCCC1. The molecule has 1 saturated carbocycles. The van der Waals surface area contributed by atoms with Crippen LogP contribution in [0.5, 0.6) is 0 Å². The predicted molar refractivity (Wildman–Crippen MR) is 92.7 cm³/mol. The summed E-state index contributed by atoms with van der Waals surface area (Å²) in [5.41, 5.74) is 2.47. The molecule has 3 nitrogen and oxygen atoms in total. The molecular weight excluding hydrogens is 326 g/mol. The summed E-state index contributed by atoms with van der Waals surface area (Å²) in [6.07, 6.45) is 9.55. The van der Waals surface area contributed by atoms with E-state index in [2.05, 4.69) is 51.8 Å². The Bertz CT molecular complexity index is 435. The number of nitrogens with zero attached hydrogens (tertiary/aromatic N) is 2. The minimum Gasteiger partial charge on any atom is -0.314 e. The van der Waals surface area contributed by atoms with Crippen molar-refractivity contribution in [3.8, 4) is 0 Å². The number of hydrogen-bond acceptors (Lipinski definition) is 2. The lowest BCUT2D eigenvalue weighted by molar-refractivity contribution is 0.296. The third kappa shape index (κ3) is 4.56. The highest BCUT2D eigenvalue weighted by molar-refractivity contribution is 9.10. The maximum Gasteiger partial charge on any atom is 0.0738 e. The highest BCUT2D eigenvalue weighted by Gasteiger charge is 2.21. The largest absolute Gasteiger partial charge is 0.314 e. The molecule has 21 heavy (non-hydrogen) atoms. The molecule has 0 amide bonds. The molecule has 2 rings (SSSR count). The predicted octanol–water partition coefficient (Wildman–Crippen LogP) is 4.46. The van der Waals surface area contributed by atoms with Crippen LogP contribution in [0.2, 0.25) is 0 Å². The highest BCUT2D eigenvalue weighted by atomic mass is 79.9. The monoisotopic (exact) mass is 355 g/mol. The Labute approximate surface area is 138 Å². The third-order valence-corrected chi connectivity index (χ3v) is 5.76. The molecule has 4 heteroatoms. The van der Waals surface area contributed by atoms with E-state index >= 15 is 0 Å². The third-order valence-electron chi connectivity index (χ3n) is 4.73. The second kappa shape index (κ2) is 8.33. The molecular formula is C17H30BrN3. The summed E-state index contributed by atoms with van der Waals surface area (Å²) in [6, 6.07) is 0.579. The Kier molecular flexibility index (Phi) is 6.74. The van der Waals surface area contributed by atoms with Crippen molar-refractivity contribution in [3.05, 3.63) is 15.9 Å². The van der Waals surface area contributed by atoms with E-state index in [0.717, 1.165) is 31.1 Å². The summed E-state index contributed by atoms with van der Waals surface area (Å²) in [6.45, 7) is 8.47. The van der Waals surface area contributed by atoms with E-state index in [4.69, 9.17) is 0 Å². The number of aryl methyl sites for hydroxylation is 2. The molecule has 0 spiro atoms. The van der Waals surface area contributed by atoms with E-state index in [1.54, 1.807) is 0 Å². The van der Waals surface area contributed by atoms with Gasteiger partial charge in [-0.2, -0.15) is 5.10 Å². The number of halogens is 1. The molecule has 1 aromatic rings. The fourth-order valence-electron chi connectivity index (χ4n) is 3.65. The number of likely N-dealkylation sites (N-methyl/N-ethyl adjacent to an activating group) is 1. The summed E-state index contributed by atoms with van der Waals surface area (Å²) in [5, 5.41) is 8.33. The van der Waals surface area contributed by atoms with Gasteiger partial charge in [0, 0.05) is 19.0 Å². The van der Waals surface area contributed by atoms with Crippen molar-refractivity contribution in [2.45, 2.75) is 78.3 Å². The van der Waals surface area contributed by atoms with E-state index in [9.17, 15) is 0 Å². The van der Waals surface area contributed by atoms with Gasteiger partial charge < -0.3 is 5.32 Å². The number of rotatable bonds is 7. The van der Waals surface area contributed by atoms with E-state index in [1.165, 1.54) is 48.7 Å². The molecule has 0 saturated heterocycles. The Morgan fingerprint density at radius 2 is 2.00 bits per heavy atom. The number of aromatic nitrogens is 2. The molecule has 1 fully saturated rings. The normalized spacial score (nSPS) is 18.1. The lowest BCUT2D eigenvalue weighted by Crippen LogP contribution is -2.34. The second-order valence-corrected chi connectivity index (χ2v) is 7.15. The smallest absolute Gasteiger partial charge is 0.0738 e. The zero-order valence-corrected chi connectivity index (χ0v) is 15.4. The van der Waals surface area contributed by atoms with E-state index in [-0.39, 0.29) is 0 Å². The van der Waals surface area contributed by atoms with E-state index in [1.807, 2.05) is 0 Å². The topological polar surface area (TPSA) is 29.9 Å². The zero-order valence-electron chi connectivity index (χ0n) is 13.8. The maximum atomic E-state index is 4.63.